The summed E-state index contributed by atoms with van der Waals surface area (Å²) < 4.78 is 1.14. The fraction of sp³-hybridized carbons (Fsp3) is 0.400. The summed E-state index contributed by atoms with van der Waals surface area (Å²) in [6, 6.07) is 5.83. The van der Waals surface area contributed by atoms with Crippen LogP contribution in [-0.2, 0) is 0 Å². The standard InChI is InChI=1S/C15H17ClOS/c1-4-10(5-2)14(17)15-9(3)12-8-11(16)6-7-13(12)18-15/h6-8,10H,4-5H2,1-3H3. The Kier molecular flexibility index (Phi) is 4.08. The third kappa shape index (κ3) is 2.32. The van der Waals surface area contributed by atoms with Gasteiger partial charge in [-0.15, -0.1) is 11.3 Å². The maximum absolute atomic E-state index is 12.5. The fourth-order valence-electron chi connectivity index (χ4n) is 2.27. The van der Waals surface area contributed by atoms with E-state index >= 15 is 0 Å². The fourth-order valence-corrected chi connectivity index (χ4v) is 3.65. The van der Waals surface area contributed by atoms with Crippen molar-refractivity contribution in [3.8, 4) is 0 Å². The monoisotopic (exact) mass is 280 g/mol. The molecule has 18 heavy (non-hydrogen) atoms. The minimum atomic E-state index is 0.146. The van der Waals surface area contributed by atoms with Crippen LogP contribution in [0.3, 0.4) is 0 Å². The molecule has 0 fully saturated rings. The van der Waals surface area contributed by atoms with Gasteiger partial charge in [-0.1, -0.05) is 25.4 Å². The first-order valence-corrected chi connectivity index (χ1v) is 7.50. The lowest BCUT2D eigenvalue weighted by Crippen LogP contribution is -2.12. The molecular formula is C15H17ClOS. The largest absolute Gasteiger partial charge is 0.293 e. The number of aryl methyl sites for hydroxylation is 1. The lowest BCUT2D eigenvalue weighted by molar-refractivity contribution is 0.0917. The zero-order valence-corrected chi connectivity index (χ0v) is 12.5. The van der Waals surface area contributed by atoms with E-state index in [1.54, 1.807) is 11.3 Å². The third-order valence-corrected chi connectivity index (χ3v) is 5.00. The van der Waals surface area contributed by atoms with Crippen LogP contribution < -0.4 is 0 Å². The van der Waals surface area contributed by atoms with Gasteiger partial charge in [0.2, 0.25) is 0 Å². The average Bonchev–Trinajstić information content (AvgIpc) is 2.68. The maximum Gasteiger partial charge on any atom is 0.176 e. The van der Waals surface area contributed by atoms with Gasteiger partial charge < -0.3 is 0 Å². The highest BCUT2D eigenvalue weighted by molar-refractivity contribution is 7.21. The van der Waals surface area contributed by atoms with Crippen molar-refractivity contribution in [1.82, 2.24) is 0 Å². The van der Waals surface area contributed by atoms with Gasteiger partial charge in [0, 0.05) is 15.6 Å². The van der Waals surface area contributed by atoms with Crippen LogP contribution in [0, 0.1) is 12.8 Å². The SMILES string of the molecule is CCC(CC)C(=O)c1sc2ccc(Cl)cc2c1C. The second-order valence-corrected chi connectivity index (χ2v) is 6.06. The van der Waals surface area contributed by atoms with E-state index in [4.69, 9.17) is 11.6 Å². The second-order valence-electron chi connectivity index (χ2n) is 4.57. The quantitative estimate of drug-likeness (QED) is 0.678. The number of rotatable bonds is 4. The molecule has 0 spiro atoms. The number of hydrogen-bond donors (Lipinski definition) is 0. The van der Waals surface area contributed by atoms with Gasteiger partial charge in [-0.3, -0.25) is 4.79 Å². The molecule has 2 aromatic rings. The van der Waals surface area contributed by atoms with Gasteiger partial charge >= 0.3 is 0 Å². The molecule has 0 amide bonds. The van der Waals surface area contributed by atoms with Crippen molar-refractivity contribution in [3.63, 3.8) is 0 Å². The molecule has 0 atom stereocenters. The normalized spacial score (nSPS) is 11.4. The van der Waals surface area contributed by atoms with Crippen molar-refractivity contribution in [2.24, 2.45) is 5.92 Å². The average molecular weight is 281 g/mol. The number of ketones is 1. The number of thiophene rings is 1. The molecule has 1 aromatic carbocycles. The Labute approximate surface area is 117 Å². The molecule has 0 aliphatic carbocycles. The minimum absolute atomic E-state index is 0.146. The molecule has 0 unspecified atom stereocenters. The van der Waals surface area contributed by atoms with E-state index in [0.717, 1.165) is 38.4 Å². The van der Waals surface area contributed by atoms with Crippen LogP contribution >= 0.6 is 22.9 Å². The smallest absolute Gasteiger partial charge is 0.176 e. The van der Waals surface area contributed by atoms with Crippen molar-refractivity contribution in [3.05, 3.63) is 33.7 Å². The highest BCUT2D eigenvalue weighted by atomic mass is 35.5. The Morgan fingerprint density at radius 2 is 2.00 bits per heavy atom. The van der Waals surface area contributed by atoms with Crippen molar-refractivity contribution in [2.45, 2.75) is 33.6 Å². The molecule has 0 radical (unpaired) electrons. The first kappa shape index (κ1) is 13.6. The first-order chi connectivity index (χ1) is 8.58. The Hall–Kier alpha value is -0.860. The molecule has 1 nitrogen and oxygen atoms in total. The Balaban J connectivity index is 2.52. The molecule has 2 rings (SSSR count). The van der Waals surface area contributed by atoms with Gasteiger partial charge in [0.1, 0.15) is 0 Å². The lowest BCUT2D eigenvalue weighted by Gasteiger charge is -2.09. The van der Waals surface area contributed by atoms with Crippen LogP contribution in [0.15, 0.2) is 18.2 Å². The number of carbonyl (C=O) groups is 1. The summed E-state index contributed by atoms with van der Waals surface area (Å²) in [5, 5.41) is 1.84. The molecule has 0 N–H and O–H groups in total. The summed E-state index contributed by atoms with van der Waals surface area (Å²) in [7, 11) is 0. The summed E-state index contributed by atoms with van der Waals surface area (Å²) in [4.78, 5) is 13.4. The van der Waals surface area contributed by atoms with Crippen molar-refractivity contribution >= 4 is 38.8 Å². The van der Waals surface area contributed by atoms with E-state index in [1.807, 2.05) is 25.1 Å². The van der Waals surface area contributed by atoms with Crippen molar-refractivity contribution in [2.75, 3.05) is 0 Å². The third-order valence-electron chi connectivity index (χ3n) is 3.48. The molecule has 0 bridgehead atoms. The number of carbonyl (C=O) groups excluding carboxylic acids is 1. The van der Waals surface area contributed by atoms with E-state index < -0.39 is 0 Å². The Morgan fingerprint density at radius 1 is 1.33 bits per heavy atom. The van der Waals surface area contributed by atoms with E-state index in [1.165, 1.54) is 0 Å². The molecular weight excluding hydrogens is 264 g/mol. The van der Waals surface area contributed by atoms with Crippen LogP contribution in [-0.4, -0.2) is 5.78 Å². The van der Waals surface area contributed by atoms with E-state index in [2.05, 4.69) is 13.8 Å². The van der Waals surface area contributed by atoms with Gasteiger partial charge in [0.25, 0.3) is 0 Å². The molecule has 3 heteroatoms. The Morgan fingerprint density at radius 3 is 2.61 bits per heavy atom. The van der Waals surface area contributed by atoms with Crippen LogP contribution in [0.25, 0.3) is 10.1 Å². The molecule has 0 saturated heterocycles. The van der Waals surface area contributed by atoms with Crippen molar-refractivity contribution in [1.29, 1.82) is 0 Å². The van der Waals surface area contributed by atoms with E-state index in [9.17, 15) is 4.79 Å². The number of fused-ring (bicyclic) bond motifs is 1. The van der Waals surface area contributed by atoms with Crippen LogP contribution in [0.4, 0.5) is 0 Å². The lowest BCUT2D eigenvalue weighted by atomic mass is 9.95. The number of hydrogen-bond acceptors (Lipinski definition) is 2. The summed E-state index contributed by atoms with van der Waals surface area (Å²) in [6.45, 7) is 6.17. The van der Waals surface area contributed by atoms with Crippen molar-refractivity contribution < 1.29 is 4.79 Å². The zero-order chi connectivity index (χ0) is 13.3. The van der Waals surface area contributed by atoms with Crippen LogP contribution in [0.1, 0.15) is 41.9 Å². The molecule has 96 valence electrons. The second kappa shape index (κ2) is 5.41. The van der Waals surface area contributed by atoms with E-state index in [-0.39, 0.29) is 11.7 Å². The molecule has 1 aromatic heterocycles. The molecule has 1 heterocycles. The van der Waals surface area contributed by atoms with Gasteiger partial charge in [-0.2, -0.15) is 0 Å². The summed E-state index contributed by atoms with van der Waals surface area (Å²) in [6.07, 6.45) is 1.81. The Bertz CT molecular complexity index is 581. The van der Waals surface area contributed by atoms with Gasteiger partial charge in [-0.25, -0.2) is 0 Å². The summed E-state index contributed by atoms with van der Waals surface area (Å²) >= 11 is 7.61. The number of Topliss-reactive ketones (excluding diaryl/α,β-unsaturated/α-hetero) is 1. The predicted octanol–water partition coefficient (Wildman–Crippen LogP) is 5.48. The van der Waals surface area contributed by atoms with Crippen LogP contribution in [0.2, 0.25) is 5.02 Å². The summed E-state index contributed by atoms with van der Waals surface area (Å²) in [5.74, 6) is 0.432. The molecule has 0 aliphatic heterocycles. The molecule has 0 aliphatic rings. The molecule has 0 saturated carbocycles. The van der Waals surface area contributed by atoms with Gasteiger partial charge in [0.15, 0.2) is 5.78 Å². The van der Waals surface area contributed by atoms with E-state index in [0.29, 0.717) is 0 Å². The topological polar surface area (TPSA) is 17.1 Å². The predicted molar refractivity (Wildman–Crippen MR) is 80.0 cm³/mol. The summed E-state index contributed by atoms with van der Waals surface area (Å²) in [5.41, 5.74) is 1.08. The highest BCUT2D eigenvalue weighted by Gasteiger charge is 2.21. The maximum atomic E-state index is 12.5. The number of benzene rings is 1. The number of halogens is 1. The van der Waals surface area contributed by atoms with Gasteiger partial charge in [-0.05, 0) is 48.9 Å². The van der Waals surface area contributed by atoms with Crippen LogP contribution in [0.5, 0.6) is 0 Å². The first-order valence-electron chi connectivity index (χ1n) is 6.31. The van der Waals surface area contributed by atoms with Gasteiger partial charge in [0.05, 0.1) is 4.88 Å². The highest BCUT2D eigenvalue weighted by Crippen LogP contribution is 2.34. The zero-order valence-electron chi connectivity index (χ0n) is 10.9. The minimum Gasteiger partial charge on any atom is -0.293 e.